The van der Waals surface area contributed by atoms with E-state index in [0.717, 1.165) is 5.56 Å². The van der Waals surface area contributed by atoms with Gasteiger partial charge in [0.15, 0.2) is 5.58 Å². The van der Waals surface area contributed by atoms with E-state index in [2.05, 4.69) is 29.9 Å². The van der Waals surface area contributed by atoms with Gasteiger partial charge in [-0.15, -0.1) is 0 Å². The molecule has 4 aromatic rings. The third kappa shape index (κ3) is 3.53. The normalized spacial score (nSPS) is 11.4. The molecule has 3 aromatic carbocycles. The molecule has 0 saturated carbocycles. The smallest absolute Gasteiger partial charge is 0.270 e. The van der Waals surface area contributed by atoms with Crippen LogP contribution in [0.5, 0.6) is 0 Å². The molecule has 0 bridgehead atoms. The van der Waals surface area contributed by atoms with Gasteiger partial charge in [-0.25, -0.2) is 4.98 Å². The highest BCUT2D eigenvalue weighted by Gasteiger charge is 2.10. The molecular formula is C22H17N3O3. The molecule has 0 unspecified atom stereocenters. The summed E-state index contributed by atoms with van der Waals surface area (Å²) in [6, 6.07) is 17.9. The van der Waals surface area contributed by atoms with Gasteiger partial charge < -0.3 is 4.42 Å². The molecule has 0 spiro atoms. The number of rotatable bonds is 4. The van der Waals surface area contributed by atoms with E-state index in [1.165, 1.54) is 23.3 Å². The van der Waals surface area contributed by atoms with Crippen LogP contribution in [0.25, 0.3) is 22.6 Å². The van der Waals surface area contributed by atoms with Crippen molar-refractivity contribution in [3.8, 4) is 11.5 Å². The van der Waals surface area contributed by atoms with Crippen LogP contribution in [0.4, 0.5) is 11.4 Å². The number of hydrogen-bond acceptors (Lipinski definition) is 5. The predicted molar refractivity (Wildman–Crippen MR) is 109 cm³/mol. The fraction of sp³-hybridized carbons (Fsp3) is 0.0909. The highest BCUT2D eigenvalue weighted by molar-refractivity contribution is 5.85. The lowest BCUT2D eigenvalue weighted by Gasteiger charge is -2.01. The molecule has 0 atom stereocenters. The Morgan fingerprint density at radius 2 is 1.89 bits per heavy atom. The first kappa shape index (κ1) is 17.6. The third-order valence-corrected chi connectivity index (χ3v) is 4.57. The molecule has 0 aliphatic heterocycles. The highest BCUT2D eigenvalue weighted by Crippen LogP contribution is 2.28. The minimum atomic E-state index is -0.424. The fourth-order valence-electron chi connectivity index (χ4n) is 2.86. The van der Waals surface area contributed by atoms with Crippen molar-refractivity contribution in [2.75, 3.05) is 0 Å². The zero-order chi connectivity index (χ0) is 19.7. The van der Waals surface area contributed by atoms with Crippen LogP contribution in [0.15, 0.2) is 70.1 Å². The van der Waals surface area contributed by atoms with Gasteiger partial charge in [-0.05, 0) is 60.9 Å². The van der Waals surface area contributed by atoms with E-state index < -0.39 is 4.92 Å². The number of benzene rings is 3. The summed E-state index contributed by atoms with van der Waals surface area (Å²) >= 11 is 0. The standard InChI is InChI=1S/C22H17N3O3/c1-14-6-7-17(10-15(14)2)22-24-20-12-18(8-9-21(20)28-22)23-13-16-4-3-5-19(11-16)25(26)27/h3-13H,1-2H3. The summed E-state index contributed by atoms with van der Waals surface area (Å²) in [4.78, 5) is 19.4. The molecule has 0 fully saturated rings. The number of nitro benzene ring substituents is 1. The van der Waals surface area contributed by atoms with Gasteiger partial charge in [-0.2, -0.15) is 0 Å². The summed E-state index contributed by atoms with van der Waals surface area (Å²) in [6.07, 6.45) is 1.60. The number of aryl methyl sites for hydroxylation is 2. The van der Waals surface area contributed by atoms with Crippen molar-refractivity contribution < 1.29 is 9.34 Å². The van der Waals surface area contributed by atoms with E-state index in [0.29, 0.717) is 28.2 Å². The summed E-state index contributed by atoms with van der Waals surface area (Å²) in [5.41, 5.74) is 6.11. The summed E-state index contributed by atoms with van der Waals surface area (Å²) in [7, 11) is 0. The van der Waals surface area contributed by atoms with Crippen LogP contribution in [-0.4, -0.2) is 16.1 Å². The monoisotopic (exact) mass is 371 g/mol. The van der Waals surface area contributed by atoms with Crippen LogP contribution in [0.3, 0.4) is 0 Å². The SMILES string of the molecule is Cc1ccc(-c2nc3cc(N=Cc4cccc([N+](=O)[O-])c4)ccc3o2)cc1C. The van der Waals surface area contributed by atoms with Crippen LogP contribution in [0.2, 0.25) is 0 Å². The Labute approximate surface area is 161 Å². The van der Waals surface area contributed by atoms with Gasteiger partial charge in [0.25, 0.3) is 5.69 Å². The maximum Gasteiger partial charge on any atom is 0.270 e. The molecule has 0 aliphatic rings. The highest BCUT2D eigenvalue weighted by atomic mass is 16.6. The second-order valence-electron chi connectivity index (χ2n) is 6.58. The van der Waals surface area contributed by atoms with Gasteiger partial charge >= 0.3 is 0 Å². The molecule has 0 aliphatic carbocycles. The molecule has 28 heavy (non-hydrogen) atoms. The molecule has 138 valence electrons. The zero-order valence-electron chi connectivity index (χ0n) is 15.4. The minimum Gasteiger partial charge on any atom is -0.436 e. The number of aromatic nitrogens is 1. The fourth-order valence-corrected chi connectivity index (χ4v) is 2.86. The molecule has 0 N–H and O–H groups in total. The van der Waals surface area contributed by atoms with Crippen molar-refractivity contribution in [3.63, 3.8) is 0 Å². The predicted octanol–water partition coefficient (Wildman–Crippen LogP) is 5.77. The summed E-state index contributed by atoms with van der Waals surface area (Å²) in [5, 5.41) is 10.9. The number of hydrogen-bond donors (Lipinski definition) is 0. The molecule has 4 rings (SSSR count). The van der Waals surface area contributed by atoms with Crippen LogP contribution < -0.4 is 0 Å². The number of oxazole rings is 1. The molecule has 1 heterocycles. The molecule has 0 amide bonds. The molecular weight excluding hydrogens is 354 g/mol. The second-order valence-corrected chi connectivity index (χ2v) is 6.58. The number of non-ortho nitro benzene ring substituents is 1. The summed E-state index contributed by atoms with van der Waals surface area (Å²) in [5.74, 6) is 0.568. The first-order valence-electron chi connectivity index (χ1n) is 8.76. The lowest BCUT2D eigenvalue weighted by Crippen LogP contribution is -1.89. The van der Waals surface area contributed by atoms with Gasteiger partial charge in [0.05, 0.1) is 10.6 Å². The van der Waals surface area contributed by atoms with Crippen LogP contribution in [-0.2, 0) is 0 Å². The Bertz CT molecular complexity index is 1220. The Kier molecular flexibility index (Phi) is 4.45. The average Bonchev–Trinajstić information content (AvgIpc) is 3.12. The quantitative estimate of drug-likeness (QED) is 0.259. The third-order valence-electron chi connectivity index (χ3n) is 4.57. The van der Waals surface area contributed by atoms with Crippen molar-refractivity contribution >= 4 is 28.7 Å². The first-order valence-corrected chi connectivity index (χ1v) is 8.76. The Morgan fingerprint density at radius 3 is 2.68 bits per heavy atom. The Hall–Kier alpha value is -3.80. The van der Waals surface area contributed by atoms with Crippen LogP contribution in [0.1, 0.15) is 16.7 Å². The number of fused-ring (bicyclic) bond motifs is 1. The van der Waals surface area contributed by atoms with Crippen molar-refractivity contribution in [2.24, 2.45) is 4.99 Å². The van der Waals surface area contributed by atoms with E-state index >= 15 is 0 Å². The number of nitro groups is 1. The van der Waals surface area contributed by atoms with E-state index in [9.17, 15) is 10.1 Å². The molecule has 1 aromatic heterocycles. The molecule has 6 heteroatoms. The van der Waals surface area contributed by atoms with Crippen LogP contribution in [0, 0.1) is 24.0 Å². The Morgan fingerprint density at radius 1 is 1.04 bits per heavy atom. The summed E-state index contributed by atoms with van der Waals surface area (Å²) < 4.78 is 5.87. The maximum atomic E-state index is 10.9. The minimum absolute atomic E-state index is 0.0361. The van der Waals surface area contributed by atoms with Crippen molar-refractivity contribution in [2.45, 2.75) is 13.8 Å². The zero-order valence-corrected chi connectivity index (χ0v) is 15.4. The first-order chi connectivity index (χ1) is 13.5. The number of aliphatic imine (C=N–C) groups is 1. The maximum absolute atomic E-state index is 10.9. The van der Waals surface area contributed by atoms with Crippen molar-refractivity contribution in [1.82, 2.24) is 4.98 Å². The Balaban J connectivity index is 1.64. The van der Waals surface area contributed by atoms with Crippen LogP contribution >= 0.6 is 0 Å². The topological polar surface area (TPSA) is 81.5 Å². The lowest BCUT2D eigenvalue weighted by atomic mass is 10.1. The molecule has 6 nitrogen and oxygen atoms in total. The van der Waals surface area contributed by atoms with Gasteiger partial charge in [0.2, 0.25) is 5.89 Å². The molecule has 0 saturated heterocycles. The van der Waals surface area contributed by atoms with E-state index in [-0.39, 0.29) is 5.69 Å². The average molecular weight is 371 g/mol. The van der Waals surface area contributed by atoms with E-state index in [4.69, 9.17) is 4.42 Å². The van der Waals surface area contributed by atoms with E-state index in [1.54, 1.807) is 18.3 Å². The molecule has 0 radical (unpaired) electrons. The van der Waals surface area contributed by atoms with E-state index in [1.807, 2.05) is 30.3 Å². The van der Waals surface area contributed by atoms with Crippen molar-refractivity contribution in [1.29, 1.82) is 0 Å². The van der Waals surface area contributed by atoms with Gasteiger partial charge in [-0.1, -0.05) is 18.2 Å². The lowest BCUT2D eigenvalue weighted by molar-refractivity contribution is -0.384. The second kappa shape index (κ2) is 7.08. The number of nitrogens with zero attached hydrogens (tertiary/aromatic N) is 3. The summed E-state index contributed by atoms with van der Waals surface area (Å²) in [6.45, 7) is 4.12. The largest absolute Gasteiger partial charge is 0.436 e. The van der Waals surface area contributed by atoms with Gasteiger partial charge in [0, 0.05) is 23.9 Å². The van der Waals surface area contributed by atoms with Gasteiger partial charge in [0.1, 0.15) is 5.52 Å². The van der Waals surface area contributed by atoms with Gasteiger partial charge in [-0.3, -0.25) is 15.1 Å². The van der Waals surface area contributed by atoms with Crippen molar-refractivity contribution in [3.05, 3.63) is 87.5 Å².